The van der Waals surface area contributed by atoms with Gasteiger partial charge in [-0.15, -0.1) is 0 Å². The van der Waals surface area contributed by atoms with E-state index in [0.717, 1.165) is 0 Å². The lowest BCUT2D eigenvalue weighted by molar-refractivity contribution is 0.218. The third kappa shape index (κ3) is 3.36. The first-order valence-corrected chi connectivity index (χ1v) is 7.42. The Morgan fingerprint density at radius 2 is 2.12 bits per heavy atom. The molecule has 1 saturated heterocycles. The van der Waals surface area contributed by atoms with Gasteiger partial charge in [-0.05, 0) is 43.5 Å². The Bertz CT molecular complexity index is 359. The first-order valence-electron chi connectivity index (χ1n) is 5.89. The second-order valence-corrected chi connectivity index (χ2v) is 6.09. The number of hydrogen-bond donors (Lipinski definition) is 0. The molecule has 0 radical (unpaired) electrons. The maximum absolute atomic E-state index is 13.7. The largest absolute Gasteiger partial charge is 0.299 e. The van der Waals surface area contributed by atoms with Crippen LogP contribution in [0.1, 0.15) is 18.4 Å². The van der Waals surface area contributed by atoms with E-state index in [2.05, 4.69) is 11.9 Å². The normalized spacial score (nSPS) is 17.6. The Kier molecular flexibility index (Phi) is 4.71. The van der Waals surface area contributed by atoms with Gasteiger partial charge in [-0.3, -0.25) is 4.90 Å². The van der Waals surface area contributed by atoms with Crippen LogP contribution in [0.5, 0.6) is 0 Å². The summed E-state index contributed by atoms with van der Waals surface area (Å²) in [6.07, 6.45) is 2.38. The average molecular weight is 274 g/mol. The molecular formula is C13H17ClFNS. The Hall–Kier alpha value is -0.250. The van der Waals surface area contributed by atoms with Crippen molar-refractivity contribution in [3.63, 3.8) is 0 Å². The molecule has 1 fully saturated rings. The average Bonchev–Trinajstić information content (AvgIpc) is 2.35. The van der Waals surface area contributed by atoms with E-state index in [0.29, 0.717) is 23.2 Å². The predicted molar refractivity (Wildman–Crippen MR) is 73.2 cm³/mol. The summed E-state index contributed by atoms with van der Waals surface area (Å²) in [5, 5.41) is 0.530. The molecule has 1 aliphatic rings. The molecule has 0 aromatic heterocycles. The SMILES string of the molecule is CN(Cc1c(F)cccc1Cl)C1CCSCC1. The van der Waals surface area contributed by atoms with Crippen LogP contribution in [0.3, 0.4) is 0 Å². The first kappa shape index (κ1) is 13.2. The van der Waals surface area contributed by atoms with Crippen LogP contribution in [0, 0.1) is 5.82 Å². The van der Waals surface area contributed by atoms with Gasteiger partial charge in [0.25, 0.3) is 0 Å². The fraction of sp³-hybridized carbons (Fsp3) is 0.538. The molecule has 4 heteroatoms. The molecule has 0 unspecified atom stereocenters. The van der Waals surface area contributed by atoms with E-state index < -0.39 is 0 Å². The lowest BCUT2D eigenvalue weighted by Crippen LogP contribution is -2.34. The standard InChI is InChI=1S/C13H17ClFNS/c1-16(10-5-7-17-8-6-10)9-11-12(14)3-2-4-13(11)15/h2-4,10H,5-9H2,1H3. The Morgan fingerprint density at radius 1 is 1.41 bits per heavy atom. The maximum Gasteiger partial charge on any atom is 0.129 e. The van der Waals surface area contributed by atoms with Crippen LogP contribution in [0.2, 0.25) is 5.02 Å². The van der Waals surface area contributed by atoms with Gasteiger partial charge in [-0.2, -0.15) is 11.8 Å². The van der Waals surface area contributed by atoms with Crippen LogP contribution in [0.25, 0.3) is 0 Å². The molecule has 1 nitrogen and oxygen atoms in total. The van der Waals surface area contributed by atoms with E-state index in [1.54, 1.807) is 12.1 Å². The monoisotopic (exact) mass is 273 g/mol. The zero-order chi connectivity index (χ0) is 12.3. The molecule has 0 aliphatic carbocycles. The van der Waals surface area contributed by atoms with Crippen molar-refractivity contribution in [3.05, 3.63) is 34.6 Å². The van der Waals surface area contributed by atoms with Crippen molar-refractivity contribution in [1.82, 2.24) is 4.90 Å². The molecule has 17 heavy (non-hydrogen) atoms. The summed E-state index contributed by atoms with van der Waals surface area (Å²) in [5.74, 6) is 2.22. The van der Waals surface area contributed by atoms with Gasteiger partial charge < -0.3 is 0 Å². The number of hydrogen-bond acceptors (Lipinski definition) is 2. The van der Waals surface area contributed by atoms with Gasteiger partial charge in [-0.1, -0.05) is 17.7 Å². The number of thioether (sulfide) groups is 1. The van der Waals surface area contributed by atoms with Crippen LogP contribution < -0.4 is 0 Å². The van der Waals surface area contributed by atoms with Crippen LogP contribution in [0.4, 0.5) is 4.39 Å². The highest BCUT2D eigenvalue weighted by Gasteiger charge is 2.20. The van der Waals surface area contributed by atoms with Crippen LogP contribution >= 0.6 is 23.4 Å². The van der Waals surface area contributed by atoms with Gasteiger partial charge in [0.2, 0.25) is 0 Å². The highest BCUT2D eigenvalue weighted by molar-refractivity contribution is 7.99. The summed E-state index contributed by atoms with van der Waals surface area (Å²) in [4.78, 5) is 2.23. The van der Waals surface area contributed by atoms with Crippen molar-refractivity contribution < 1.29 is 4.39 Å². The summed E-state index contributed by atoms with van der Waals surface area (Å²) >= 11 is 8.04. The Morgan fingerprint density at radius 3 is 2.76 bits per heavy atom. The van der Waals surface area contributed by atoms with Gasteiger partial charge in [0, 0.05) is 23.2 Å². The molecule has 0 saturated carbocycles. The molecule has 0 bridgehead atoms. The van der Waals surface area contributed by atoms with Crippen molar-refractivity contribution in [2.24, 2.45) is 0 Å². The molecule has 0 N–H and O–H groups in total. The molecule has 1 heterocycles. The molecule has 1 aromatic rings. The van der Waals surface area contributed by atoms with Gasteiger partial charge >= 0.3 is 0 Å². The molecule has 2 rings (SSSR count). The van der Waals surface area contributed by atoms with Crippen molar-refractivity contribution in [3.8, 4) is 0 Å². The van der Waals surface area contributed by atoms with E-state index >= 15 is 0 Å². The highest BCUT2D eigenvalue weighted by atomic mass is 35.5. The molecule has 1 aromatic carbocycles. The summed E-state index contributed by atoms with van der Waals surface area (Å²) < 4.78 is 13.7. The molecule has 0 atom stereocenters. The molecular weight excluding hydrogens is 257 g/mol. The van der Waals surface area contributed by atoms with Gasteiger partial charge in [0.15, 0.2) is 0 Å². The van der Waals surface area contributed by atoms with Crippen molar-refractivity contribution in [2.45, 2.75) is 25.4 Å². The van der Waals surface area contributed by atoms with E-state index in [-0.39, 0.29) is 5.82 Å². The summed E-state index contributed by atoms with van der Waals surface area (Å²) in [5.41, 5.74) is 0.620. The summed E-state index contributed by atoms with van der Waals surface area (Å²) in [6.45, 7) is 0.598. The van der Waals surface area contributed by atoms with Gasteiger partial charge in [0.05, 0.1) is 0 Å². The third-order valence-corrected chi connectivity index (χ3v) is 4.69. The van der Waals surface area contributed by atoms with Crippen LogP contribution in [-0.4, -0.2) is 29.5 Å². The fourth-order valence-electron chi connectivity index (χ4n) is 2.19. The minimum absolute atomic E-state index is 0.200. The van der Waals surface area contributed by atoms with Crippen molar-refractivity contribution in [1.29, 1.82) is 0 Å². The second-order valence-electron chi connectivity index (χ2n) is 4.46. The lowest BCUT2D eigenvalue weighted by atomic mass is 10.1. The van der Waals surface area contributed by atoms with E-state index in [1.807, 2.05) is 11.8 Å². The molecule has 0 amide bonds. The first-order chi connectivity index (χ1) is 8.18. The van der Waals surface area contributed by atoms with Crippen LogP contribution in [-0.2, 0) is 6.54 Å². The van der Waals surface area contributed by atoms with E-state index in [1.165, 1.54) is 30.4 Å². The Balaban J connectivity index is 2.04. The Labute approximate surface area is 111 Å². The fourth-order valence-corrected chi connectivity index (χ4v) is 3.49. The molecule has 0 spiro atoms. The van der Waals surface area contributed by atoms with E-state index in [4.69, 9.17) is 11.6 Å². The smallest absolute Gasteiger partial charge is 0.129 e. The van der Waals surface area contributed by atoms with Gasteiger partial charge in [-0.25, -0.2) is 4.39 Å². The maximum atomic E-state index is 13.7. The summed E-state index contributed by atoms with van der Waals surface area (Å²) in [6, 6.07) is 5.45. The lowest BCUT2D eigenvalue weighted by Gasteiger charge is -2.31. The second kappa shape index (κ2) is 6.07. The zero-order valence-electron chi connectivity index (χ0n) is 9.96. The summed E-state index contributed by atoms with van der Waals surface area (Å²) in [7, 11) is 2.06. The van der Waals surface area contributed by atoms with Gasteiger partial charge in [0.1, 0.15) is 5.82 Å². The van der Waals surface area contributed by atoms with Crippen molar-refractivity contribution >= 4 is 23.4 Å². The minimum atomic E-state index is -0.200. The third-order valence-electron chi connectivity index (χ3n) is 3.28. The topological polar surface area (TPSA) is 3.24 Å². The van der Waals surface area contributed by atoms with Crippen molar-refractivity contribution in [2.75, 3.05) is 18.6 Å². The van der Waals surface area contributed by atoms with Crippen LogP contribution in [0.15, 0.2) is 18.2 Å². The predicted octanol–water partition coefficient (Wildman–Crippen LogP) is 3.81. The molecule has 1 aliphatic heterocycles. The number of rotatable bonds is 3. The zero-order valence-corrected chi connectivity index (χ0v) is 11.5. The van der Waals surface area contributed by atoms with E-state index in [9.17, 15) is 4.39 Å². The quantitative estimate of drug-likeness (QED) is 0.824. The number of benzene rings is 1. The molecule has 94 valence electrons. The number of nitrogens with zero attached hydrogens (tertiary/aromatic N) is 1. The minimum Gasteiger partial charge on any atom is -0.299 e. The number of halogens is 2. The highest BCUT2D eigenvalue weighted by Crippen LogP contribution is 2.25.